The van der Waals surface area contributed by atoms with Crippen LogP contribution in [0.15, 0.2) is 54.6 Å². The minimum atomic E-state index is -0.158. The highest BCUT2D eigenvalue weighted by Gasteiger charge is 2.39. The van der Waals surface area contributed by atoms with Crippen LogP contribution >= 0.6 is 0 Å². The first-order valence-corrected chi connectivity index (χ1v) is 10.6. The van der Waals surface area contributed by atoms with Gasteiger partial charge in [-0.15, -0.1) is 0 Å². The molecule has 2 aromatic carbocycles. The SMILES string of the molecule is CCOC(=O)C(Cc1ccccc1)CN1CCC(C)(c2cccc(O)c2)C(C)C1. The van der Waals surface area contributed by atoms with Gasteiger partial charge in [-0.05, 0) is 60.9 Å². The number of nitrogens with zero attached hydrogens (tertiary/aromatic N) is 1. The van der Waals surface area contributed by atoms with Crippen molar-refractivity contribution in [2.24, 2.45) is 11.8 Å². The molecule has 1 saturated heterocycles. The van der Waals surface area contributed by atoms with Gasteiger partial charge in [0.05, 0.1) is 12.5 Å². The summed E-state index contributed by atoms with van der Waals surface area (Å²) in [4.78, 5) is 15.0. The lowest BCUT2D eigenvalue weighted by Crippen LogP contribution is -2.49. The van der Waals surface area contributed by atoms with Gasteiger partial charge >= 0.3 is 5.97 Å². The molecular formula is C25H33NO3. The predicted octanol–water partition coefficient (Wildman–Crippen LogP) is 4.41. The number of likely N-dealkylation sites (tertiary alicyclic amines) is 1. The van der Waals surface area contributed by atoms with Crippen LogP contribution in [-0.4, -0.2) is 42.2 Å². The van der Waals surface area contributed by atoms with Gasteiger partial charge in [0.15, 0.2) is 0 Å². The molecule has 0 aliphatic carbocycles. The van der Waals surface area contributed by atoms with Crippen LogP contribution < -0.4 is 0 Å². The second-order valence-electron chi connectivity index (χ2n) is 8.52. The van der Waals surface area contributed by atoms with Gasteiger partial charge in [-0.3, -0.25) is 4.79 Å². The molecule has 0 radical (unpaired) electrons. The van der Waals surface area contributed by atoms with Crippen molar-refractivity contribution in [1.29, 1.82) is 0 Å². The molecule has 3 atom stereocenters. The van der Waals surface area contributed by atoms with Crippen LogP contribution in [0.2, 0.25) is 0 Å². The Labute approximate surface area is 174 Å². The zero-order valence-electron chi connectivity index (χ0n) is 17.8. The number of carbonyl (C=O) groups is 1. The smallest absolute Gasteiger partial charge is 0.310 e. The normalized spacial score (nSPS) is 23.5. The minimum Gasteiger partial charge on any atom is -0.508 e. The Kier molecular flexibility index (Phi) is 6.96. The summed E-state index contributed by atoms with van der Waals surface area (Å²) in [5, 5.41) is 9.91. The zero-order chi connectivity index (χ0) is 20.9. The highest BCUT2D eigenvalue weighted by molar-refractivity contribution is 5.73. The molecule has 0 bridgehead atoms. The molecule has 0 amide bonds. The molecular weight excluding hydrogens is 362 g/mol. The van der Waals surface area contributed by atoms with E-state index in [0.29, 0.717) is 31.2 Å². The molecule has 1 aliphatic rings. The third kappa shape index (κ3) is 5.18. The second-order valence-corrected chi connectivity index (χ2v) is 8.52. The van der Waals surface area contributed by atoms with Crippen LogP contribution in [0.25, 0.3) is 0 Å². The Morgan fingerprint density at radius 1 is 1.24 bits per heavy atom. The van der Waals surface area contributed by atoms with Crippen LogP contribution in [0.4, 0.5) is 0 Å². The van der Waals surface area contributed by atoms with E-state index in [4.69, 9.17) is 4.74 Å². The van der Waals surface area contributed by atoms with Crippen LogP contribution in [0.1, 0.15) is 38.3 Å². The van der Waals surface area contributed by atoms with Crippen LogP contribution in [-0.2, 0) is 21.4 Å². The first-order valence-electron chi connectivity index (χ1n) is 10.6. The minimum absolute atomic E-state index is 0.0219. The highest BCUT2D eigenvalue weighted by Crippen LogP contribution is 2.40. The lowest BCUT2D eigenvalue weighted by Gasteiger charge is -2.45. The van der Waals surface area contributed by atoms with Crippen molar-refractivity contribution in [3.8, 4) is 5.75 Å². The van der Waals surface area contributed by atoms with Crippen LogP contribution in [0, 0.1) is 11.8 Å². The summed E-state index contributed by atoms with van der Waals surface area (Å²) in [6.45, 7) is 9.41. The molecule has 4 heteroatoms. The number of benzene rings is 2. The Balaban J connectivity index is 1.69. The number of aromatic hydroxyl groups is 1. The van der Waals surface area contributed by atoms with E-state index in [1.165, 1.54) is 11.1 Å². The molecule has 1 fully saturated rings. The highest BCUT2D eigenvalue weighted by atomic mass is 16.5. The van der Waals surface area contributed by atoms with E-state index < -0.39 is 0 Å². The summed E-state index contributed by atoms with van der Waals surface area (Å²) < 4.78 is 5.37. The fourth-order valence-corrected chi connectivity index (χ4v) is 4.47. The number of esters is 1. The summed E-state index contributed by atoms with van der Waals surface area (Å²) in [7, 11) is 0. The molecule has 2 aromatic rings. The summed E-state index contributed by atoms with van der Waals surface area (Å²) in [5.74, 6) is 0.473. The van der Waals surface area contributed by atoms with Gasteiger partial charge in [-0.2, -0.15) is 0 Å². The van der Waals surface area contributed by atoms with Crippen LogP contribution in [0.5, 0.6) is 5.75 Å². The fourth-order valence-electron chi connectivity index (χ4n) is 4.47. The standard InChI is InChI=1S/C25H33NO3/c1-4-29-24(28)21(15-20-9-6-5-7-10-20)18-26-14-13-25(3,19(2)17-26)22-11-8-12-23(27)16-22/h5-12,16,19,21,27H,4,13-15,17-18H2,1-3H3. The molecule has 1 N–H and O–H groups in total. The summed E-state index contributed by atoms with van der Waals surface area (Å²) in [6.07, 6.45) is 1.70. The molecule has 0 spiro atoms. The third-order valence-corrected chi connectivity index (χ3v) is 6.50. The Bertz CT molecular complexity index is 807. The molecule has 3 unspecified atom stereocenters. The van der Waals surface area contributed by atoms with E-state index in [1.54, 1.807) is 6.07 Å². The van der Waals surface area contributed by atoms with Crippen molar-refractivity contribution in [2.45, 2.75) is 39.0 Å². The molecule has 1 heterocycles. The average molecular weight is 396 g/mol. The summed E-state index contributed by atoms with van der Waals surface area (Å²) in [5.41, 5.74) is 2.38. The molecule has 3 rings (SSSR count). The van der Waals surface area contributed by atoms with Gasteiger partial charge in [0.25, 0.3) is 0 Å². The van der Waals surface area contributed by atoms with Gasteiger partial charge in [0.1, 0.15) is 5.75 Å². The molecule has 0 aromatic heterocycles. The average Bonchev–Trinajstić information content (AvgIpc) is 2.71. The van der Waals surface area contributed by atoms with Crippen molar-refractivity contribution in [2.75, 3.05) is 26.2 Å². The van der Waals surface area contributed by atoms with Crippen molar-refractivity contribution in [3.63, 3.8) is 0 Å². The number of hydrogen-bond donors (Lipinski definition) is 1. The van der Waals surface area contributed by atoms with Gasteiger partial charge < -0.3 is 14.7 Å². The number of piperidine rings is 1. The number of phenols is 1. The van der Waals surface area contributed by atoms with E-state index in [2.05, 4.69) is 36.9 Å². The lowest BCUT2D eigenvalue weighted by molar-refractivity contribution is -0.149. The van der Waals surface area contributed by atoms with Gasteiger partial charge in [-0.25, -0.2) is 0 Å². The predicted molar refractivity (Wildman–Crippen MR) is 116 cm³/mol. The first kappa shape index (κ1) is 21.4. The molecule has 0 saturated carbocycles. The number of hydrogen-bond acceptors (Lipinski definition) is 4. The summed E-state index contributed by atoms with van der Waals surface area (Å²) >= 11 is 0. The van der Waals surface area contributed by atoms with E-state index in [1.807, 2.05) is 37.3 Å². The maximum absolute atomic E-state index is 12.6. The Hall–Kier alpha value is -2.33. The molecule has 4 nitrogen and oxygen atoms in total. The Morgan fingerprint density at radius 2 is 2.00 bits per heavy atom. The van der Waals surface area contributed by atoms with Crippen molar-refractivity contribution in [3.05, 3.63) is 65.7 Å². The maximum Gasteiger partial charge on any atom is 0.310 e. The zero-order valence-corrected chi connectivity index (χ0v) is 17.8. The van der Waals surface area contributed by atoms with Crippen molar-refractivity contribution < 1.29 is 14.6 Å². The Morgan fingerprint density at radius 3 is 2.66 bits per heavy atom. The number of ether oxygens (including phenoxy) is 1. The molecule has 156 valence electrons. The fraction of sp³-hybridized carbons (Fsp3) is 0.480. The van der Waals surface area contributed by atoms with E-state index in [9.17, 15) is 9.90 Å². The lowest BCUT2D eigenvalue weighted by atomic mass is 9.68. The van der Waals surface area contributed by atoms with Crippen molar-refractivity contribution in [1.82, 2.24) is 4.90 Å². The van der Waals surface area contributed by atoms with Gasteiger partial charge in [0, 0.05) is 13.1 Å². The molecule has 29 heavy (non-hydrogen) atoms. The number of rotatable bonds is 7. The van der Waals surface area contributed by atoms with E-state index in [-0.39, 0.29) is 17.3 Å². The second kappa shape index (κ2) is 9.45. The van der Waals surface area contributed by atoms with Gasteiger partial charge in [-0.1, -0.05) is 56.3 Å². The summed E-state index contributed by atoms with van der Waals surface area (Å²) in [6, 6.07) is 17.8. The maximum atomic E-state index is 12.6. The monoisotopic (exact) mass is 395 g/mol. The quantitative estimate of drug-likeness (QED) is 0.706. The largest absolute Gasteiger partial charge is 0.508 e. The van der Waals surface area contributed by atoms with Crippen molar-refractivity contribution >= 4 is 5.97 Å². The van der Waals surface area contributed by atoms with Crippen LogP contribution in [0.3, 0.4) is 0 Å². The third-order valence-electron chi connectivity index (χ3n) is 6.50. The van der Waals surface area contributed by atoms with E-state index >= 15 is 0 Å². The topological polar surface area (TPSA) is 49.8 Å². The van der Waals surface area contributed by atoms with E-state index in [0.717, 1.165) is 19.5 Å². The number of carbonyl (C=O) groups excluding carboxylic acids is 1. The first-order chi connectivity index (χ1) is 13.9. The van der Waals surface area contributed by atoms with Gasteiger partial charge in [0.2, 0.25) is 0 Å². The number of phenolic OH excluding ortho intramolecular Hbond substituents is 1. The molecule has 1 aliphatic heterocycles.